The van der Waals surface area contributed by atoms with Crippen molar-refractivity contribution in [3.8, 4) is 22.8 Å². The van der Waals surface area contributed by atoms with Crippen molar-refractivity contribution in [1.29, 1.82) is 0 Å². The Labute approximate surface area is 268 Å². The molecule has 42 heavy (non-hydrogen) atoms. The van der Waals surface area contributed by atoms with Gasteiger partial charge in [0.25, 0.3) is 0 Å². The van der Waals surface area contributed by atoms with E-state index in [0.717, 1.165) is 55.8 Å². The Balaban J connectivity index is 1.41. The first-order valence-corrected chi connectivity index (χ1v) is 17.6. The number of nitrogens with zero attached hydrogens (tertiary/aromatic N) is 4. The maximum atomic E-state index is 5.11. The standard InChI is InChI=1S/C36H44Br2N4/c1-3-5-7-9-11-13-23-41-33-21-19-29(37)25-31(33)39-35(41)27-15-17-28(18-16-27)36-40-32-26-30(38)20-22-34(32)42(36)24-14-12-10-8-6-4-2/h15-22,25-26H,3-14,23-24H2,1-2H3. The van der Waals surface area contributed by atoms with Gasteiger partial charge in [0.05, 0.1) is 22.1 Å². The maximum Gasteiger partial charge on any atom is 0.141 e. The van der Waals surface area contributed by atoms with E-state index in [1.807, 2.05) is 0 Å². The molecule has 0 saturated heterocycles. The van der Waals surface area contributed by atoms with Gasteiger partial charge in [-0.3, -0.25) is 0 Å². The first kappa shape index (κ1) is 31.0. The van der Waals surface area contributed by atoms with Crippen LogP contribution in [0, 0.1) is 0 Å². The van der Waals surface area contributed by atoms with Crippen molar-refractivity contribution in [3.05, 3.63) is 69.6 Å². The van der Waals surface area contributed by atoms with Crippen molar-refractivity contribution < 1.29 is 0 Å². The summed E-state index contributed by atoms with van der Waals surface area (Å²) < 4.78 is 6.97. The van der Waals surface area contributed by atoms with E-state index < -0.39 is 0 Å². The van der Waals surface area contributed by atoms with Crippen LogP contribution in [-0.4, -0.2) is 19.1 Å². The monoisotopic (exact) mass is 690 g/mol. The largest absolute Gasteiger partial charge is 0.324 e. The Morgan fingerprint density at radius 2 is 0.881 bits per heavy atom. The molecule has 2 heterocycles. The van der Waals surface area contributed by atoms with Crippen molar-refractivity contribution in [2.75, 3.05) is 0 Å². The van der Waals surface area contributed by atoms with E-state index in [0.29, 0.717) is 0 Å². The van der Waals surface area contributed by atoms with Gasteiger partial charge < -0.3 is 9.13 Å². The molecule has 0 aliphatic rings. The highest BCUT2D eigenvalue weighted by molar-refractivity contribution is 9.10. The minimum atomic E-state index is 0.990. The maximum absolute atomic E-state index is 5.11. The first-order valence-electron chi connectivity index (χ1n) is 16.0. The number of aryl methyl sites for hydroxylation is 2. The molecule has 0 aliphatic carbocycles. The molecular weight excluding hydrogens is 648 g/mol. The number of imidazole rings is 2. The number of hydrogen-bond donors (Lipinski definition) is 0. The average molecular weight is 693 g/mol. The molecule has 5 rings (SSSR count). The molecular formula is C36H44Br2N4. The number of fused-ring (bicyclic) bond motifs is 2. The van der Waals surface area contributed by atoms with Gasteiger partial charge in [-0.2, -0.15) is 0 Å². The molecule has 0 N–H and O–H groups in total. The molecule has 0 saturated carbocycles. The predicted octanol–water partition coefficient (Wildman–Crippen LogP) is 12.0. The van der Waals surface area contributed by atoms with Gasteiger partial charge in [-0.1, -0.05) is 134 Å². The van der Waals surface area contributed by atoms with Crippen LogP contribution in [0.5, 0.6) is 0 Å². The highest BCUT2D eigenvalue weighted by Gasteiger charge is 2.16. The fraction of sp³-hybridized carbons (Fsp3) is 0.444. The summed E-state index contributed by atoms with van der Waals surface area (Å²) in [7, 11) is 0. The summed E-state index contributed by atoms with van der Waals surface area (Å²) in [6.45, 7) is 6.53. The van der Waals surface area contributed by atoms with Gasteiger partial charge in [0.15, 0.2) is 0 Å². The summed E-state index contributed by atoms with van der Waals surface area (Å²) in [5.74, 6) is 2.10. The molecule has 4 nitrogen and oxygen atoms in total. The van der Waals surface area contributed by atoms with Crippen LogP contribution in [0.4, 0.5) is 0 Å². The lowest BCUT2D eigenvalue weighted by Crippen LogP contribution is -2.02. The third-order valence-electron chi connectivity index (χ3n) is 8.29. The number of halogens is 2. The average Bonchev–Trinajstić information content (AvgIpc) is 3.54. The number of unbranched alkanes of at least 4 members (excludes halogenated alkanes) is 10. The molecule has 0 fully saturated rings. The fourth-order valence-electron chi connectivity index (χ4n) is 5.97. The summed E-state index contributed by atoms with van der Waals surface area (Å²) in [6, 6.07) is 21.8. The van der Waals surface area contributed by atoms with E-state index in [-0.39, 0.29) is 0 Å². The van der Waals surface area contributed by atoms with E-state index in [9.17, 15) is 0 Å². The zero-order valence-electron chi connectivity index (χ0n) is 25.2. The minimum absolute atomic E-state index is 0.990. The molecule has 0 bridgehead atoms. The molecule has 6 heteroatoms. The zero-order valence-corrected chi connectivity index (χ0v) is 28.4. The van der Waals surface area contributed by atoms with Crippen LogP contribution < -0.4 is 0 Å². The van der Waals surface area contributed by atoms with E-state index in [1.165, 1.54) is 88.1 Å². The minimum Gasteiger partial charge on any atom is -0.324 e. The van der Waals surface area contributed by atoms with Crippen LogP contribution in [0.1, 0.15) is 90.9 Å². The van der Waals surface area contributed by atoms with Gasteiger partial charge in [-0.15, -0.1) is 0 Å². The van der Waals surface area contributed by atoms with Gasteiger partial charge in [0.2, 0.25) is 0 Å². The lowest BCUT2D eigenvalue weighted by atomic mass is 10.1. The Morgan fingerprint density at radius 1 is 0.500 bits per heavy atom. The van der Waals surface area contributed by atoms with Crippen molar-refractivity contribution in [1.82, 2.24) is 19.1 Å². The molecule has 0 unspecified atom stereocenters. The van der Waals surface area contributed by atoms with Gasteiger partial charge in [-0.05, 0) is 49.2 Å². The molecule has 0 amide bonds. The summed E-state index contributed by atoms with van der Waals surface area (Å²) in [5.41, 5.74) is 6.80. The normalized spacial score (nSPS) is 11.7. The highest BCUT2D eigenvalue weighted by atomic mass is 79.9. The van der Waals surface area contributed by atoms with E-state index in [1.54, 1.807) is 0 Å². The van der Waals surface area contributed by atoms with E-state index >= 15 is 0 Å². The summed E-state index contributed by atoms with van der Waals surface area (Å²) in [6.07, 6.45) is 15.4. The molecule has 2 aromatic heterocycles. The SMILES string of the molecule is CCCCCCCCn1c(-c2ccc(-c3nc4cc(Br)ccc4n3CCCCCCCC)cc2)nc2cc(Br)ccc21. The van der Waals surface area contributed by atoms with Crippen molar-refractivity contribution in [2.24, 2.45) is 0 Å². The van der Waals surface area contributed by atoms with Crippen molar-refractivity contribution >= 4 is 53.9 Å². The van der Waals surface area contributed by atoms with E-state index in [2.05, 4.69) is 116 Å². The topological polar surface area (TPSA) is 35.6 Å². The first-order chi connectivity index (χ1) is 20.6. The number of aromatic nitrogens is 4. The molecule has 5 aromatic rings. The van der Waals surface area contributed by atoms with E-state index in [4.69, 9.17) is 9.97 Å². The van der Waals surface area contributed by atoms with Gasteiger partial charge in [0.1, 0.15) is 11.6 Å². The third-order valence-corrected chi connectivity index (χ3v) is 9.28. The van der Waals surface area contributed by atoms with Gasteiger partial charge in [-0.25, -0.2) is 9.97 Å². The quantitative estimate of drug-likeness (QED) is 0.0965. The third kappa shape index (κ3) is 7.55. The molecule has 0 atom stereocenters. The molecule has 0 radical (unpaired) electrons. The predicted molar refractivity (Wildman–Crippen MR) is 186 cm³/mol. The number of hydrogen-bond acceptors (Lipinski definition) is 2. The Hall–Kier alpha value is -2.44. The molecule has 222 valence electrons. The Bertz CT molecular complexity index is 1460. The second-order valence-electron chi connectivity index (χ2n) is 11.6. The Kier molecular flexibility index (Phi) is 11.3. The molecule has 0 aliphatic heterocycles. The molecule has 3 aromatic carbocycles. The summed E-state index contributed by atoms with van der Waals surface area (Å²) in [5, 5.41) is 0. The lowest BCUT2D eigenvalue weighted by molar-refractivity contribution is 0.566. The van der Waals surface area contributed by atoms with Crippen LogP contribution in [0.15, 0.2) is 69.6 Å². The lowest BCUT2D eigenvalue weighted by Gasteiger charge is -2.12. The summed E-state index contributed by atoms with van der Waals surface area (Å²) in [4.78, 5) is 10.2. The van der Waals surface area contributed by atoms with Crippen LogP contribution in [0.3, 0.4) is 0 Å². The van der Waals surface area contributed by atoms with Gasteiger partial charge in [0, 0.05) is 33.2 Å². The Morgan fingerprint density at radius 3 is 1.29 bits per heavy atom. The van der Waals surface area contributed by atoms with Crippen LogP contribution in [0.2, 0.25) is 0 Å². The summed E-state index contributed by atoms with van der Waals surface area (Å²) >= 11 is 7.29. The van der Waals surface area contributed by atoms with Gasteiger partial charge >= 0.3 is 0 Å². The second-order valence-corrected chi connectivity index (χ2v) is 13.4. The smallest absolute Gasteiger partial charge is 0.141 e. The number of benzene rings is 3. The highest BCUT2D eigenvalue weighted by Crippen LogP contribution is 2.32. The van der Waals surface area contributed by atoms with Crippen molar-refractivity contribution in [3.63, 3.8) is 0 Å². The second kappa shape index (κ2) is 15.3. The molecule has 0 spiro atoms. The number of rotatable bonds is 16. The van der Waals surface area contributed by atoms with Crippen LogP contribution >= 0.6 is 31.9 Å². The van der Waals surface area contributed by atoms with Crippen LogP contribution in [-0.2, 0) is 13.1 Å². The zero-order chi connectivity index (χ0) is 29.3. The fourth-order valence-corrected chi connectivity index (χ4v) is 6.67. The van der Waals surface area contributed by atoms with Crippen molar-refractivity contribution in [2.45, 2.75) is 104 Å². The van der Waals surface area contributed by atoms with Crippen LogP contribution in [0.25, 0.3) is 44.8 Å².